The van der Waals surface area contributed by atoms with Gasteiger partial charge in [-0.1, -0.05) is 37.8 Å². The summed E-state index contributed by atoms with van der Waals surface area (Å²) in [5.41, 5.74) is 1.90. The molecule has 1 fully saturated rings. The number of rotatable bonds is 4. The van der Waals surface area contributed by atoms with Gasteiger partial charge in [0.25, 0.3) is 0 Å². The van der Waals surface area contributed by atoms with Gasteiger partial charge >= 0.3 is 0 Å². The molecule has 1 aliphatic rings. The average Bonchev–Trinajstić information content (AvgIpc) is 2.90. The van der Waals surface area contributed by atoms with E-state index in [9.17, 15) is 4.39 Å². The Labute approximate surface area is 130 Å². The van der Waals surface area contributed by atoms with Crippen LogP contribution in [0.2, 0.25) is 0 Å². The van der Waals surface area contributed by atoms with Gasteiger partial charge in [-0.25, -0.2) is 4.39 Å². The zero-order chi connectivity index (χ0) is 14.5. The molecule has 0 radical (unpaired) electrons. The second-order valence-electron chi connectivity index (χ2n) is 5.86. The first-order valence-corrected chi connectivity index (χ1v) is 8.76. The van der Waals surface area contributed by atoms with E-state index in [1.54, 1.807) is 17.4 Å². The Kier molecular flexibility index (Phi) is 5.04. The number of benzene rings is 1. The molecule has 21 heavy (non-hydrogen) atoms. The van der Waals surface area contributed by atoms with E-state index in [1.165, 1.54) is 44.1 Å². The molecule has 112 valence electrons. The van der Waals surface area contributed by atoms with Crippen LogP contribution in [0, 0.1) is 5.82 Å². The van der Waals surface area contributed by atoms with Crippen LogP contribution in [0.4, 0.5) is 4.39 Å². The lowest BCUT2D eigenvalue weighted by Crippen LogP contribution is -2.27. The quantitative estimate of drug-likeness (QED) is 0.749. The predicted molar refractivity (Wildman–Crippen MR) is 88.0 cm³/mol. The van der Waals surface area contributed by atoms with Gasteiger partial charge in [-0.2, -0.15) is 0 Å². The number of thiophene rings is 1. The zero-order valence-electron chi connectivity index (χ0n) is 12.3. The molecule has 0 spiro atoms. The molecular weight excluding hydrogens is 281 g/mol. The Morgan fingerprint density at radius 1 is 1.10 bits per heavy atom. The van der Waals surface area contributed by atoms with Gasteiger partial charge in [0.15, 0.2) is 0 Å². The largest absolute Gasteiger partial charge is 0.310 e. The Hall–Kier alpha value is -1.19. The average molecular weight is 303 g/mol. The molecule has 1 N–H and O–H groups in total. The van der Waals surface area contributed by atoms with Crippen molar-refractivity contribution >= 4 is 11.3 Å². The number of hydrogen-bond donors (Lipinski definition) is 1. The fourth-order valence-corrected chi connectivity index (χ4v) is 3.79. The standard InChI is InChI=1S/C18H22FNS/c19-17-10-9-14(12-16(17)18-8-5-11-21-18)13-20-15-6-3-1-2-4-7-15/h5,8-12,15,20H,1-4,6-7,13H2. The summed E-state index contributed by atoms with van der Waals surface area (Å²) in [6.07, 6.45) is 7.97. The van der Waals surface area contributed by atoms with Gasteiger partial charge in [0.05, 0.1) is 0 Å². The van der Waals surface area contributed by atoms with E-state index in [-0.39, 0.29) is 5.82 Å². The Morgan fingerprint density at radius 2 is 1.90 bits per heavy atom. The summed E-state index contributed by atoms with van der Waals surface area (Å²) in [6.45, 7) is 0.837. The fraction of sp³-hybridized carbons (Fsp3) is 0.444. The van der Waals surface area contributed by atoms with Gasteiger partial charge in [-0.05, 0) is 42.0 Å². The van der Waals surface area contributed by atoms with Crippen molar-refractivity contribution in [3.63, 3.8) is 0 Å². The van der Waals surface area contributed by atoms with E-state index in [0.29, 0.717) is 6.04 Å². The van der Waals surface area contributed by atoms with Gasteiger partial charge in [0, 0.05) is 23.0 Å². The molecule has 0 unspecified atom stereocenters. The first kappa shape index (κ1) is 14.7. The van der Waals surface area contributed by atoms with Gasteiger partial charge in [0.1, 0.15) is 5.82 Å². The highest BCUT2D eigenvalue weighted by Crippen LogP contribution is 2.28. The number of hydrogen-bond acceptors (Lipinski definition) is 2. The highest BCUT2D eigenvalue weighted by Gasteiger charge is 2.12. The molecule has 3 rings (SSSR count). The summed E-state index contributed by atoms with van der Waals surface area (Å²) >= 11 is 1.59. The second-order valence-corrected chi connectivity index (χ2v) is 6.81. The molecule has 0 saturated heterocycles. The number of halogens is 1. The normalized spacial score (nSPS) is 16.8. The maximum absolute atomic E-state index is 14.0. The molecule has 1 saturated carbocycles. The molecular formula is C18H22FNS. The Bertz CT molecular complexity index is 557. The van der Waals surface area contributed by atoms with Gasteiger partial charge in [0.2, 0.25) is 0 Å². The molecule has 1 heterocycles. The van der Waals surface area contributed by atoms with Crippen LogP contribution in [-0.2, 0) is 6.54 Å². The van der Waals surface area contributed by atoms with Crippen LogP contribution in [0.1, 0.15) is 44.1 Å². The van der Waals surface area contributed by atoms with Crippen molar-refractivity contribution in [3.05, 3.63) is 47.1 Å². The van der Waals surface area contributed by atoms with E-state index in [0.717, 1.165) is 17.0 Å². The summed E-state index contributed by atoms with van der Waals surface area (Å²) in [5, 5.41) is 5.64. The monoisotopic (exact) mass is 303 g/mol. The summed E-state index contributed by atoms with van der Waals surface area (Å²) in [7, 11) is 0. The third-order valence-electron chi connectivity index (χ3n) is 4.27. The van der Waals surface area contributed by atoms with Crippen molar-refractivity contribution in [1.29, 1.82) is 0 Å². The highest BCUT2D eigenvalue weighted by atomic mass is 32.1. The van der Waals surface area contributed by atoms with Gasteiger partial charge in [-0.3, -0.25) is 0 Å². The second kappa shape index (κ2) is 7.19. The van der Waals surface area contributed by atoms with Crippen molar-refractivity contribution in [2.75, 3.05) is 0 Å². The van der Waals surface area contributed by atoms with E-state index < -0.39 is 0 Å². The molecule has 1 nitrogen and oxygen atoms in total. The lowest BCUT2D eigenvalue weighted by molar-refractivity contribution is 0.459. The minimum atomic E-state index is -0.129. The lowest BCUT2D eigenvalue weighted by Gasteiger charge is -2.16. The summed E-state index contributed by atoms with van der Waals surface area (Å²) < 4.78 is 14.0. The lowest BCUT2D eigenvalue weighted by atomic mass is 10.1. The topological polar surface area (TPSA) is 12.0 Å². The minimum absolute atomic E-state index is 0.129. The predicted octanol–water partition coefficient (Wildman–Crippen LogP) is 5.37. The van der Waals surface area contributed by atoms with Gasteiger partial charge < -0.3 is 5.32 Å². The van der Waals surface area contributed by atoms with E-state index >= 15 is 0 Å². The van der Waals surface area contributed by atoms with Crippen molar-refractivity contribution in [3.8, 4) is 10.4 Å². The molecule has 2 aromatic rings. The minimum Gasteiger partial charge on any atom is -0.310 e. The third-order valence-corrected chi connectivity index (χ3v) is 5.17. The molecule has 0 bridgehead atoms. The molecule has 3 heteroatoms. The molecule has 0 atom stereocenters. The Balaban J connectivity index is 1.67. The maximum Gasteiger partial charge on any atom is 0.131 e. The highest BCUT2D eigenvalue weighted by molar-refractivity contribution is 7.13. The van der Waals surface area contributed by atoms with E-state index in [1.807, 2.05) is 29.6 Å². The summed E-state index contributed by atoms with van der Waals surface area (Å²) in [4.78, 5) is 1.00. The molecule has 1 aromatic carbocycles. The Morgan fingerprint density at radius 3 is 2.62 bits per heavy atom. The molecule has 0 aliphatic heterocycles. The van der Waals surface area contributed by atoms with Crippen LogP contribution in [0.25, 0.3) is 10.4 Å². The maximum atomic E-state index is 14.0. The summed E-state index contributed by atoms with van der Waals surface area (Å²) in [5.74, 6) is -0.129. The van der Waals surface area contributed by atoms with Crippen molar-refractivity contribution < 1.29 is 4.39 Å². The first-order valence-electron chi connectivity index (χ1n) is 7.88. The van der Waals surface area contributed by atoms with Crippen molar-refractivity contribution in [2.45, 2.75) is 51.1 Å². The van der Waals surface area contributed by atoms with Gasteiger partial charge in [-0.15, -0.1) is 11.3 Å². The van der Waals surface area contributed by atoms with Crippen LogP contribution in [0.15, 0.2) is 35.7 Å². The molecule has 0 amide bonds. The fourth-order valence-electron chi connectivity index (χ4n) is 3.05. The van der Waals surface area contributed by atoms with Crippen LogP contribution < -0.4 is 5.32 Å². The SMILES string of the molecule is Fc1ccc(CNC2CCCCCC2)cc1-c1cccs1. The first-order chi connectivity index (χ1) is 10.3. The van der Waals surface area contributed by atoms with Crippen LogP contribution >= 0.6 is 11.3 Å². The zero-order valence-corrected chi connectivity index (χ0v) is 13.1. The van der Waals surface area contributed by atoms with E-state index in [2.05, 4.69) is 5.32 Å². The van der Waals surface area contributed by atoms with E-state index in [4.69, 9.17) is 0 Å². The van der Waals surface area contributed by atoms with Crippen LogP contribution in [0.5, 0.6) is 0 Å². The smallest absolute Gasteiger partial charge is 0.131 e. The molecule has 1 aromatic heterocycles. The van der Waals surface area contributed by atoms with Crippen LogP contribution in [-0.4, -0.2) is 6.04 Å². The third kappa shape index (κ3) is 3.92. The van der Waals surface area contributed by atoms with Crippen molar-refractivity contribution in [1.82, 2.24) is 5.32 Å². The molecule has 1 aliphatic carbocycles. The number of nitrogens with one attached hydrogen (secondary N) is 1. The summed E-state index contributed by atoms with van der Waals surface area (Å²) in [6, 6.07) is 10.1. The van der Waals surface area contributed by atoms with Crippen LogP contribution in [0.3, 0.4) is 0 Å². The van der Waals surface area contributed by atoms with Crippen molar-refractivity contribution in [2.24, 2.45) is 0 Å².